The molecule has 8 unspecified atom stereocenters. The molecule has 6 aliphatic rings. The van der Waals surface area contributed by atoms with Gasteiger partial charge in [0.05, 0.1) is 29.8 Å². The molecule has 11 heteroatoms. The third-order valence-electron chi connectivity index (χ3n) is 13.2. The number of hydrazine groups is 2. The summed E-state index contributed by atoms with van der Waals surface area (Å²) in [7, 11) is 4.31. The zero-order chi connectivity index (χ0) is 33.5. The van der Waals surface area contributed by atoms with Crippen molar-refractivity contribution in [3.8, 4) is 0 Å². The molecule has 2 saturated carbocycles. The lowest BCUT2D eigenvalue weighted by molar-refractivity contribution is -0.131. The Hall–Kier alpha value is -0.920. The first-order valence-corrected chi connectivity index (χ1v) is 20.2. The molecule has 8 atom stereocenters. The van der Waals surface area contributed by atoms with Crippen molar-refractivity contribution in [1.82, 2.24) is 41.7 Å². The highest BCUT2D eigenvalue weighted by atomic mass is 19.1. The van der Waals surface area contributed by atoms with Crippen molar-refractivity contribution in [2.75, 3.05) is 46.8 Å². The lowest BCUT2D eigenvalue weighted by atomic mass is 9.79. The Kier molecular flexibility index (Phi) is 13.5. The number of amides is 1. The molecule has 4 saturated heterocycles. The zero-order valence-electron chi connectivity index (χ0n) is 30.4. The summed E-state index contributed by atoms with van der Waals surface area (Å²) in [6, 6.07) is 0.670. The summed E-state index contributed by atoms with van der Waals surface area (Å²) in [6.07, 6.45) is 21.0. The Morgan fingerprint density at radius 3 is 2.21 bits per heavy atom. The minimum absolute atomic E-state index is 0.0113. The van der Waals surface area contributed by atoms with Crippen molar-refractivity contribution in [1.29, 1.82) is 0 Å². The molecular weight excluding hydrogens is 605 g/mol. The Morgan fingerprint density at radius 1 is 0.896 bits per heavy atom. The fourth-order valence-corrected chi connectivity index (χ4v) is 10.3. The van der Waals surface area contributed by atoms with Crippen molar-refractivity contribution in [2.24, 2.45) is 23.5 Å². The van der Waals surface area contributed by atoms with Crippen LogP contribution in [0.4, 0.5) is 4.39 Å². The molecule has 6 rings (SSSR count). The Morgan fingerprint density at radius 2 is 1.54 bits per heavy atom. The summed E-state index contributed by atoms with van der Waals surface area (Å²) in [4.78, 5) is 16.7. The van der Waals surface area contributed by atoms with Crippen molar-refractivity contribution in [2.45, 2.75) is 164 Å². The van der Waals surface area contributed by atoms with E-state index in [1.165, 1.54) is 77.0 Å². The van der Waals surface area contributed by atoms with E-state index in [0.29, 0.717) is 17.9 Å². The number of rotatable bonds is 7. The fourth-order valence-electron chi connectivity index (χ4n) is 10.3. The van der Waals surface area contributed by atoms with Gasteiger partial charge in [0.25, 0.3) is 0 Å². The number of fused-ring (bicyclic) bond motifs is 2. The predicted octanol–water partition coefficient (Wildman–Crippen LogP) is 3.59. The number of piperidine rings is 1. The van der Waals surface area contributed by atoms with Crippen LogP contribution in [0.25, 0.3) is 0 Å². The number of alkyl halides is 1. The van der Waals surface area contributed by atoms with Gasteiger partial charge in [-0.15, -0.1) is 0 Å². The molecule has 1 amide bonds. The Balaban J connectivity index is 1.16. The Bertz CT molecular complexity index is 984. The van der Waals surface area contributed by atoms with Crippen molar-refractivity contribution in [3.63, 3.8) is 0 Å². The maximum atomic E-state index is 16.0. The van der Waals surface area contributed by atoms with Crippen molar-refractivity contribution in [3.05, 3.63) is 0 Å². The van der Waals surface area contributed by atoms with Gasteiger partial charge in [0, 0.05) is 38.3 Å². The summed E-state index contributed by atoms with van der Waals surface area (Å²) >= 11 is 0. The first-order chi connectivity index (χ1) is 23.4. The molecule has 0 aromatic heterocycles. The van der Waals surface area contributed by atoms with E-state index < -0.39 is 23.8 Å². The van der Waals surface area contributed by atoms with Gasteiger partial charge in [-0.3, -0.25) is 15.5 Å². The molecule has 48 heavy (non-hydrogen) atoms. The van der Waals surface area contributed by atoms with Crippen LogP contribution in [0.2, 0.25) is 0 Å². The minimum Gasteiger partial charge on any atom is -0.350 e. The molecule has 0 aromatic rings. The van der Waals surface area contributed by atoms with Gasteiger partial charge in [0.1, 0.15) is 6.17 Å². The Labute approximate surface area is 290 Å². The van der Waals surface area contributed by atoms with Crippen LogP contribution in [0.3, 0.4) is 0 Å². The average molecular weight is 676 g/mol. The van der Waals surface area contributed by atoms with Gasteiger partial charge >= 0.3 is 0 Å². The van der Waals surface area contributed by atoms with Crippen LogP contribution in [-0.4, -0.2) is 110 Å². The maximum absolute atomic E-state index is 16.0. The van der Waals surface area contributed by atoms with Crippen LogP contribution >= 0.6 is 0 Å². The number of nitrogens with zero attached hydrogens (tertiary/aromatic N) is 3. The number of halogens is 1. The van der Waals surface area contributed by atoms with E-state index in [2.05, 4.69) is 55.8 Å². The second-order valence-electron chi connectivity index (χ2n) is 16.8. The summed E-state index contributed by atoms with van der Waals surface area (Å²) in [6.45, 7) is 4.16. The van der Waals surface area contributed by atoms with Crippen LogP contribution < -0.4 is 32.5 Å². The minimum atomic E-state index is -0.985. The lowest BCUT2D eigenvalue weighted by Crippen LogP contribution is -2.71. The van der Waals surface area contributed by atoms with Gasteiger partial charge in [0.2, 0.25) is 5.91 Å². The quantitative estimate of drug-likeness (QED) is 0.241. The largest absolute Gasteiger partial charge is 0.350 e. The third kappa shape index (κ3) is 8.75. The molecule has 276 valence electrons. The second-order valence-corrected chi connectivity index (χ2v) is 16.8. The van der Waals surface area contributed by atoms with Gasteiger partial charge in [-0.05, 0) is 71.0 Å². The van der Waals surface area contributed by atoms with Crippen LogP contribution in [-0.2, 0) is 4.79 Å². The molecule has 0 bridgehead atoms. The highest BCUT2D eigenvalue weighted by Crippen LogP contribution is 2.42. The molecule has 0 radical (unpaired) electrons. The monoisotopic (exact) mass is 676 g/mol. The molecule has 0 aromatic carbocycles. The van der Waals surface area contributed by atoms with Crippen LogP contribution in [0, 0.1) is 17.8 Å². The molecule has 1 spiro atoms. The van der Waals surface area contributed by atoms with E-state index in [1.54, 1.807) is 0 Å². The van der Waals surface area contributed by atoms with Crippen LogP contribution in [0.1, 0.15) is 122 Å². The van der Waals surface area contributed by atoms with E-state index in [9.17, 15) is 4.79 Å². The first kappa shape index (κ1) is 36.9. The molecule has 7 N–H and O–H groups in total. The van der Waals surface area contributed by atoms with Gasteiger partial charge in [-0.25, -0.2) is 19.8 Å². The van der Waals surface area contributed by atoms with Gasteiger partial charge < -0.3 is 21.3 Å². The third-order valence-corrected chi connectivity index (χ3v) is 13.2. The number of carbonyl (C=O) groups is 1. The van der Waals surface area contributed by atoms with Crippen molar-refractivity contribution < 1.29 is 9.18 Å². The van der Waals surface area contributed by atoms with Crippen LogP contribution in [0.15, 0.2) is 0 Å². The number of hydrogen-bond donors (Lipinski definition) is 6. The maximum Gasteiger partial charge on any atom is 0.229 e. The summed E-state index contributed by atoms with van der Waals surface area (Å²) in [5.74, 6) is 0.802. The van der Waals surface area contributed by atoms with E-state index in [1.807, 2.05) is 0 Å². The molecule has 2 aliphatic carbocycles. The van der Waals surface area contributed by atoms with Gasteiger partial charge in [0.15, 0.2) is 0 Å². The standard InChI is InChI=1S/C37H70FN9O/c1-45(2)21-18-27-23-42-46(26-27)31-22-29(28-16-12-8-4-3-5-9-13-17-28)40-24-30(31)43-36(48)33-34(39)44-47-35(33)41-25-32(38)37(47)19-14-10-6-7-11-15-20-37/h27-35,40-42,44H,3-26,39H2,1-2H3,(H,43,48). The average Bonchev–Trinajstić information content (AvgIpc) is 3.72. The second kappa shape index (κ2) is 17.5. The summed E-state index contributed by atoms with van der Waals surface area (Å²) < 4.78 is 16.0. The van der Waals surface area contributed by atoms with E-state index in [4.69, 9.17) is 5.73 Å². The fraction of sp³-hybridized carbons (Fsp3) is 0.973. The molecule has 6 fully saturated rings. The van der Waals surface area contributed by atoms with E-state index >= 15 is 4.39 Å². The number of carbonyl (C=O) groups excluding carboxylic acids is 1. The smallest absolute Gasteiger partial charge is 0.229 e. The van der Waals surface area contributed by atoms with Gasteiger partial charge in [-0.1, -0.05) is 83.5 Å². The topological polar surface area (TPSA) is 113 Å². The summed E-state index contributed by atoms with van der Waals surface area (Å²) in [5, 5.41) is 15.5. The lowest BCUT2D eigenvalue weighted by Gasteiger charge is -2.51. The number of hydrogen-bond acceptors (Lipinski definition) is 9. The molecule has 4 aliphatic heterocycles. The zero-order valence-corrected chi connectivity index (χ0v) is 30.4. The molecule has 10 nitrogen and oxygen atoms in total. The van der Waals surface area contributed by atoms with Crippen molar-refractivity contribution >= 4 is 5.91 Å². The van der Waals surface area contributed by atoms with E-state index in [-0.39, 0.29) is 30.7 Å². The van der Waals surface area contributed by atoms with Gasteiger partial charge in [-0.2, -0.15) is 0 Å². The first-order valence-electron chi connectivity index (χ1n) is 20.2. The number of nitrogens with one attached hydrogen (secondary N) is 5. The van der Waals surface area contributed by atoms with E-state index in [0.717, 1.165) is 71.1 Å². The highest BCUT2D eigenvalue weighted by molar-refractivity contribution is 5.81. The summed E-state index contributed by atoms with van der Waals surface area (Å²) in [5.41, 5.74) is 13.4. The molecule has 4 heterocycles. The normalized spacial score (nSPS) is 38.3. The van der Waals surface area contributed by atoms with Crippen LogP contribution in [0.5, 0.6) is 0 Å². The molecular formula is C37H70FN9O. The SMILES string of the molecule is CN(C)CCC1CNN(C2CC(C3CCCCCCCCC3)NCC2NC(=O)C2C(N)NN3C2NCC(F)C32CCCCCCCC2)C1. The predicted molar refractivity (Wildman–Crippen MR) is 191 cm³/mol. The highest BCUT2D eigenvalue weighted by Gasteiger charge is 2.58. The number of nitrogens with two attached hydrogens (primary N) is 1.